The normalized spacial score (nSPS) is 11.8. The lowest BCUT2D eigenvalue weighted by molar-refractivity contribution is 0.0912. The number of rotatable bonds is 8. The standard InChI is InChI=1S/C14H24N2O3S/c1-4-9-16(14-8-6-5-7-13(14)15)20(17,18)11-10-19-12(2)3/h5-8,12H,4,9-11,15H2,1-3H3. The summed E-state index contributed by atoms with van der Waals surface area (Å²) >= 11 is 0. The van der Waals surface area contributed by atoms with Crippen molar-refractivity contribution in [1.29, 1.82) is 0 Å². The number of anilines is 2. The van der Waals surface area contributed by atoms with Gasteiger partial charge < -0.3 is 10.5 Å². The number of nitrogen functional groups attached to an aromatic ring is 1. The number of hydrogen-bond donors (Lipinski definition) is 1. The van der Waals surface area contributed by atoms with Crippen molar-refractivity contribution in [2.45, 2.75) is 33.3 Å². The predicted octanol–water partition coefficient (Wildman–Crippen LogP) is 2.24. The summed E-state index contributed by atoms with van der Waals surface area (Å²) in [6, 6.07) is 7.01. The van der Waals surface area contributed by atoms with Crippen molar-refractivity contribution in [1.82, 2.24) is 0 Å². The van der Waals surface area contributed by atoms with Gasteiger partial charge in [0.2, 0.25) is 10.0 Å². The fourth-order valence-electron chi connectivity index (χ4n) is 1.83. The second kappa shape index (κ2) is 7.50. The van der Waals surface area contributed by atoms with Gasteiger partial charge in [-0.25, -0.2) is 8.42 Å². The van der Waals surface area contributed by atoms with E-state index in [1.165, 1.54) is 4.31 Å². The summed E-state index contributed by atoms with van der Waals surface area (Å²) in [4.78, 5) is 0. The van der Waals surface area contributed by atoms with E-state index in [1.807, 2.05) is 20.8 Å². The van der Waals surface area contributed by atoms with Crippen LogP contribution in [0, 0.1) is 0 Å². The molecule has 0 radical (unpaired) electrons. The van der Waals surface area contributed by atoms with Crippen molar-refractivity contribution < 1.29 is 13.2 Å². The van der Waals surface area contributed by atoms with E-state index in [0.29, 0.717) is 17.9 Å². The first kappa shape index (κ1) is 16.8. The van der Waals surface area contributed by atoms with Crippen LogP contribution in [0.2, 0.25) is 0 Å². The molecule has 0 saturated carbocycles. The molecule has 1 aromatic carbocycles. The van der Waals surface area contributed by atoms with Crippen LogP contribution in [0.1, 0.15) is 27.2 Å². The van der Waals surface area contributed by atoms with Crippen molar-refractivity contribution in [3.63, 3.8) is 0 Å². The Morgan fingerprint density at radius 3 is 2.50 bits per heavy atom. The van der Waals surface area contributed by atoms with Crippen LogP contribution in [-0.4, -0.2) is 33.4 Å². The van der Waals surface area contributed by atoms with Gasteiger partial charge in [-0.05, 0) is 32.4 Å². The Balaban J connectivity index is 2.92. The van der Waals surface area contributed by atoms with E-state index in [2.05, 4.69) is 0 Å². The molecule has 0 fully saturated rings. The highest BCUT2D eigenvalue weighted by Crippen LogP contribution is 2.25. The van der Waals surface area contributed by atoms with Gasteiger partial charge >= 0.3 is 0 Å². The van der Waals surface area contributed by atoms with Gasteiger partial charge in [0.15, 0.2) is 0 Å². The monoisotopic (exact) mass is 300 g/mol. The summed E-state index contributed by atoms with van der Waals surface area (Å²) < 4.78 is 31.6. The number of benzene rings is 1. The van der Waals surface area contributed by atoms with Crippen LogP contribution < -0.4 is 10.0 Å². The van der Waals surface area contributed by atoms with Crippen molar-refractivity contribution in [3.05, 3.63) is 24.3 Å². The minimum atomic E-state index is -3.43. The Kier molecular flexibility index (Phi) is 6.29. The number of nitrogens with zero attached hydrogens (tertiary/aromatic N) is 1. The average Bonchev–Trinajstić information content (AvgIpc) is 2.36. The molecule has 6 heteroatoms. The van der Waals surface area contributed by atoms with E-state index >= 15 is 0 Å². The van der Waals surface area contributed by atoms with Crippen LogP contribution in [0.25, 0.3) is 0 Å². The zero-order valence-corrected chi connectivity index (χ0v) is 13.2. The summed E-state index contributed by atoms with van der Waals surface area (Å²) in [5.74, 6) is -0.0421. The number of ether oxygens (including phenoxy) is 1. The summed E-state index contributed by atoms with van der Waals surface area (Å²) in [5.41, 5.74) is 6.90. The molecule has 0 aliphatic heterocycles. The van der Waals surface area contributed by atoms with Gasteiger partial charge in [-0.3, -0.25) is 4.31 Å². The topological polar surface area (TPSA) is 72.6 Å². The highest BCUT2D eigenvalue weighted by molar-refractivity contribution is 7.92. The lowest BCUT2D eigenvalue weighted by Crippen LogP contribution is -2.35. The van der Waals surface area contributed by atoms with Crippen LogP contribution in [0.4, 0.5) is 11.4 Å². The minimum Gasteiger partial charge on any atom is -0.397 e. The molecule has 2 N–H and O–H groups in total. The molecule has 0 amide bonds. The van der Waals surface area contributed by atoms with Gasteiger partial charge in [-0.1, -0.05) is 19.1 Å². The van der Waals surface area contributed by atoms with Gasteiger partial charge in [-0.15, -0.1) is 0 Å². The largest absolute Gasteiger partial charge is 0.397 e. The fourth-order valence-corrected chi connectivity index (χ4v) is 3.28. The maximum absolute atomic E-state index is 12.4. The number of para-hydroxylation sites is 2. The van der Waals surface area contributed by atoms with Gasteiger partial charge in [0.25, 0.3) is 0 Å². The van der Waals surface area contributed by atoms with E-state index in [9.17, 15) is 8.42 Å². The molecule has 20 heavy (non-hydrogen) atoms. The zero-order valence-electron chi connectivity index (χ0n) is 12.4. The second-order valence-electron chi connectivity index (χ2n) is 4.87. The van der Waals surface area contributed by atoms with Crippen LogP contribution in [0.5, 0.6) is 0 Å². The molecule has 0 saturated heterocycles. The molecule has 0 aliphatic carbocycles. The molecule has 0 atom stereocenters. The summed E-state index contributed by atoms with van der Waals surface area (Å²) in [5, 5.41) is 0. The molecule has 114 valence electrons. The van der Waals surface area contributed by atoms with Crippen molar-refractivity contribution >= 4 is 21.4 Å². The molecule has 0 spiro atoms. The summed E-state index contributed by atoms with van der Waals surface area (Å²) in [7, 11) is -3.43. The zero-order chi connectivity index (χ0) is 15.2. The second-order valence-corrected chi connectivity index (χ2v) is 6.88. The molecular weight excluding hydrogens is 276 g/mol. The Morgan fingerprint density at radius 1 is 1.30 bits per heavy atom. The lowest BCUT2D eigenvalue weighted by atomic mass is 10.2. The highest BCUT2D eigenvalue weighted by Gasteiger charge is 2.23. The maximum atomic E-state index is 12.4. The smallest absolute Gasteiger partial charge is 0.237 e. The molecule has 0 aromatic heterocycles. The first-order valence-electron chi connectivity index (χ1n) is 6.85. The molecule has 1 rings (SSSR count). The molecule has 0 unspecified atom stereocenters. The van der Waals surface area contributed by atoms with Gasteiger partial charge in [0.05, 0.1) is 29.8 Å². The minimum absolute atomic E-state index is 0.0200. The van der Waals surface area contributed by atoms with Crippen LogP contribution in [0.3, 0.4) is 0 Å². The SMILES string of the molecule is CCCN(c1ccccc1N)S(=O)(=O)CCOC(C)C. The third-order valence-electron chi connectivity index (χ3n) is 2.76. The summed E-state index contributed by atoms with van der Waals surface area (Å²) in [6.07, 6.45) is 0.741. The molecule has 0 heterocycles. The first-order valence-corrected chi connectivity index (χ1v) is 8.46. The van der Waals surface area contributed by atoms with Crippen LogP contribution in [-0.2, 0) is 14.8 Å². The third kappa shape index (κ3) is 4.68. The quantitative estimate of drug-likeness (QED) is 0.747. The number of nitrogens with two attached hydrogens (primary N) is 1. The molecule has 0 aliphatic rings. The predicted molar refractivity (Wildman–Crippen MR) is 83.4 cm³/mol. The lowest BCUT2D eigenvalue weighted by Gasteiger charge is -2.25. The summed E-state index contributed by atoms with van der Waals surface area (Å²) in [6.45, 7) is 6.30. The van der Waals surface area contributed by atoms with Crippen LogP contribution >= 0.6 is 0 Å². The van der Waals surface area contributed by atoms with E-state index in [-0.39, 0.29) is 18.5 Å². The van der Waals surface area contributed by atoms with Crippen LogP contribution in [0.15, 0.2) is 24.3 Å². The van der Waals surface area contributed by atoms with Gasteiger partial charge in [0.1, 0.15) is 0 Å². The molecule has 5 nitrogen and oxygen atoms in total. The average molecular weight is 300 g/mol. The maximum Gasteiger partial charge on any atom is 0.237 e. The number of sulfonamides is 1. The van der Waals surface area contributed by atoms with E-state index < -0.39 is 10.0 Å². The van der Waals surface area contributed by atoms with Crippen molar-refractivity contribution in [3.8, 4) is 0 Å². The Labute approximate surface area is 121 Å². The van der Waals surface area contributed by atoms with Crippen molar-refractivity contribution in [2.24, 2.45) is 0 Å². The Bertz CT molecular complexity index is 515. The van der Waals surface area contributed by atoms with E-state index in [4.69, 9.17) is 10.5 Å². The third-order valence-corrected chi connectivity index (χ3v) is 4.49. The number of hydrogen-bond acceptors (Lipinski definition) is 4. The molecule has 0 bridgehead atoms. The fraction of sp³-hybridized carbons (Fsp3) is 0.571. The van der Waals surface area contributed by atoms with Gasteiger partial charge in [-0.2, -0.15) is 0 Å². The van der Waals surface area contributed by atoms with Gasteiger partial charge in [0, 0.05) is 6.54 Å². The molecule has 1 aromatic rings. The Hall–Kier alpha value is -1.27. The highest BCUT2D eigenvalue weighted by atomic mass is 32.2. The molecular formula is C14H24N2O3S. The van der Waals surface area contributed by atoms with E-state index in [1.54, 1.807) is 24.3 Å². The van der Waals surface area contributed by atoms with Crippen molar-refractivity contribution in [2.75, 3.05) is 28.9 Å². The van der Waals surface area contributed by atoms with E-state index in [0.717, 1.165) is 6.42 Å². The Morgan fingerprint density at radius 2 is 1.95 bits per heavy atom. The first-order chi connectivity index (χ1) is 9.38.